The maximum Gasteiger partial charge on any atom is 0.0547 e. The van der Waals surface area contributed by atoms with Crippen LogP contribution in [0.25, 0.3) is 82.3 Å². The van der Waals surface area contributed by atoms with Crippen molar-refractivity contribution in [2.45, 2.75) is 19.3 Å². The highest BCUT2D eigenvalue weighted by Gasteiger charge is 2.35. The summed E-state index contributed by atoms with van der Waals surface area (Å²) >= 11 is 0. The third-order valence-electron chi connectivity index (χ3n) is 10.7. The molecule has 1 aliphatic rings. The molecule has 0 aliphatic heterocycles. The van der Waals surface area contributed by atoms with Gasteiger partial charge < -0.3 is 9.13 Å². The van der Waals surface area contributed by atoms with Gasteiger partial charge in [-0.2, -0.15) is 0 Å². The van der Waals surface area contributed by atoms with Crippen LogP contribution in [0.1, 0.15) is 25.0 Å². The van der Waals surface area contributed by atoms with E-state index in [9.17, 15) is 0 Å². The van der Waals surface area contributed by atoms with E-state index < -0.39 is 0 Å². The standard InChI is InChI=1S/C44H32N2/c1-44(2)37-14-8-6-12-32(37)35-26-30(19-21-38(35)44)46-40-22-18-28(24-36(40)43-31-11-5-4-10-27(31)17-23-41(43)46)29-16-20-34-33-13-7-9-15-39(33)45(3)42(34)25-29/h4-26H,1-3H3. The van der Waals surface area contributed by atoms with Gasteiger partial charge in [-0.1, -0.05) is 111 Å². The number of aromatic nitrogens is 2. The lowest BCUT2D eigenvalue weighted by atomic mass is 9.82. The zero-order valence-electron chi connectivity index (χ0n) is 26.2. The molecule has 0 fully saturated rings. The van der Waals surface area contributed by atoms with Crippen LogP contribution in [0.4, 0.5) is 0 Å². The molecule has 0 unspecified atom stereocenters. The predicted octanol–water partition coefficient (Wildman–Crippen LogP) is 11.6. The second-order valence-electron chi connectivity index (χ2n) is 13.5. The number of fused-ring (bicyclic) bond motifs is 11. The van der Waals surface area contributed by atoms with Crippen molar-refractivity contribution in [2.24, 2.45) is 7.05 Å². The van der Waals surface area contributed by atoms with E-state index in [1.165, 1.54) is 93.5 Å². The Hall–Kier alpha value is -5.60. The van der Waals surface area contributed by atoms with E-state index >= 15 is 0 Å². The highest BCUT2D eigenvalue weighted by Crippen LogP contribution is 2.49. The SMILES string of the molecule is Cn1c2ccccc2c2ccc(-c3ccc4c(c3)c3c5ccccc5ccc3n4-c3ccc4c(c3)-c3ccccc3C4(C)C)cc21. The number of rotatable bonds is 2. The first-order valence-corrected chi connectivity index (χ1v) is 16.2. The molecular weight excluding hydrogens is 556 g/mol. The van der Waals surface area contributed by atoms with Crippen molar-refractivity contribution in [2.75, 3.05) is 0 Å². The Morgan fingerprint density at radius 3 is 2.07 bits per heavy atom. The highest BCUT2D eigenvalue weighted by atomic mass is 15.0. The predicted molar refractivity (Wildman–Crippen MR) is 195 cm³/mol. The van der Waals surface area contributed by atoms with Crippen molar-refractivity contribution in [3.05, 3.63) is 151 Å². The molecule has 218 valence electrons. The van der Waals surface area contributed by atoms with Gasteiger partial charge >= 0.3 is 0 Å². The zero-order chi connectivity index (χ0) is 30.7. The van der Waals surface area contributed by atoms with Crippen LogP contribution in [0.3, 0.4) is 0 Å². The van der Waals surface area contributed by atoms with E-state index in [4.69, 9.17) is 0 Å². The minimum atomic E-state index is -0.0122. The maximum atomic E-state index is 2.47. The molecule has 0 bridgehead atoms. The lowest BCUT2D eigenvalue weighted by Crippen LogP contribution is -2.14. The molecule has 0 saturated carbocycles. The normalized spacial score (nSPS) is 13.7. The van der Waals surface area contributed by atoms with Gasteiger partial charge in [0, 0.05) is 50.7 Å². The summed E-state index contributed by atoms with van der Waals surface area (Å²) in [6, 6.07) is 52.0. The fourth-order valence-corrected chi connectivity index (χ4v) is 8.44. The van der Waals surface area contributed by atoms with Crippen molar-refractivity contribution in [1.29, 1.82) is 0 Å². The lowest BCUT2D eigenvalue weighted by Gasteiger charge is -2.21. The minimum absolute atomic E-state index is 0.0122. The van der Waals surface area contributed by atoms with Crippen molar-refractivity contribution >= 4 is 54.4 Å². The average molecular weight is 589 g/mol. The van der Waals surface area contributed by atoms with Crippen LogP contribution in [-0.2, 0) is 12.5 Å². The molecule has 2 heteroatoms. The zero-order valence-corrected chi connectivity index (χ0v) is 26.2. The molecule has 2 heterocycles. The van der Waals surface area contributed by atoms with Gasteiger partial charge in [-0.15, -0.1) is 0 Å². The van der Waals surface area contributed by atoms with Crippen molar-refractivity contribution in [3.63, 3.8) is 0 Å². The van der Waals surface area contributed by atoms with Crippen LogP contribution >= 0.6 is 0 Å². The Bertz CT molecular complexity index is 2730. The fraction of sp³-hybridized carbons (Fsp3) is 0.0909. The number of para-hydroxylation sites is 1. The third-order valence-corrected chi connectivity index (χ3v) is 10.7. The second kappa shape index (κ2) is 8.99. The Labute approximate surface area is 267 Å². The number of hydrogen-bond acceptors (Lipinski definition) is 0. The molecule has 7 aromatic carbocycles. The summed E-state index contributed by atoms with van der Waals surface area (Å²) < 4.78 is 4.79. The molecular formula is C44H32N2. The minimum Gasteiger partial charge on any atom is -0.344 e. The molecule has 0 spiro atoms. The first-order valence-electron chi connectivity index (χ1n) is 16.2. The van der Waals surface area contributed by atoms with Crippen LogP contribution in [0.2, 0.25) is 0 Å². The number of nitrogens with zero attached hydrogens (tertiary/aromatic N) is 2. The summed E-state index contributed by atoms with van der Waals surface area (Å²) in [7, 11) is 2.17. The van der Waals surface area contributed by atoms with Crippen molar-refractivity contribution < 1.29 is 0 Å². The Balaban J connectivity index is 1.24. The second-order valence-corrected chi connectivity index (χ2v) is 13.5. The molecule has 0 atom stereocenters. The first kappa shape index (κ1) is 25.7. The molecule has 0 N–H and O–H groups in total. The third kappa shape index (κ3) is 3.31. The molecule has 0 radical (unpaired) electrons. The van der Waals surface area contributed by atoms with Crippen LogP contribution in [0, 0.1) is 0 Å². The van der Waals surface area contributed by atoms with Crippen LogP contribution < -0.4 is 0 Å². The van der Waals surface area contributed by atoms with E-state index in [1.54, 1.807) is 0 Å². The van der Waals surface area contributed by atoms with Gasteiger partial charge in [-0.05, 0) is 86.6 Å². The van der Waals surface area contributed by atoms with E-state index in [1.807, 2.05) is 0 Å². The van der Waals surface area contributed by atoms with Crippen LogP contribution in [0.5, 0.6) is 0 Å². The van der Waals surface area contributed by atoms with Gasteiger partial charge in [0.05, 0.1) is 11.0 Å². The molecule has 2 aromatic heterocycles. The number of hydrogen-bond donors (Lipinski definition) is 0. The molecule has 46 heavy (non-hydrogen) atoms. The van der Waals surface area contributed by atoms with E-state index in [0.29, 0.717) is 0 Å². The Kier molecular flexibility index (Phi) is 5.02. The molecule has 0 saturated heterocycles. The quantitative estimate of drug-likeness (QED) is 0.190. The molecule has 9 aromatic rings. The topological polar surface area (TPSA) is 9.86 Å². The van der Waals surface area contributed by atoms with Crippen molar-refractivity contribution in [1.82, 2.24) is 9.13 Å². The van der Waals surface area contributed by atoms with Gasteiger partial charge in [0.15, 0.2) is 0 Å². The summed E-state index contributed by atoms with van der Waals surface area (Å²) in [6.45, 7) is 4.70. The molecule has 0 amide bonds. The summed E-state index contributed by atoms with van der Waals surface area (Å²) in [5.41, 5.74) is 14.1. The number of aryl methyl sites for hydroxylation is 1. The Morgan fingerprint density at radius 2 is 1.15 bits per heavy atom. The van der Waals surface area contributed by atoms with E-state index in [0.717, 1.165) is 0 Å². The number of benzene rings is 7. The van der Waals surface area contributed by atoms with Gasteiger partial charge in [0.25, 0.3) is 0 Å². The smallest absolute Gasteiger partial charge is 0.0547 e. The van der Waals surface area contributed by atoms with Gasteiger partial charge in [-0.3, -0.25) is 0 Å². The van der Waals surface area contributed by atoms with E-state index in [-0.39, 0.29) is 5.41 Å². The first-order chi connectivity index (χ1) is 22.5. The fourth-order valence-electron chi connectivity index (χ4n) is 8.44. The Morgan fingerprint density at radius 1 is 0.457 bits per heavy atom. The van der Waals surface area contributed by atoms with Gasteiger partial charge in [0.1, 0.15) is 0 Å². The molecule has 2 nitrogen and oxygen atoms in total. The lowest BCUT2D eigenvalue weighted by molar-refractivity contribution is 0.660. The molecule has 1 aliphatic carbocycles. The van der Waals surface area contributed by atoms with Crippen LogP contribution in [-0.4, -0.2) is 9.13 Å². The highest BCUT2D eigenvalue weighted by molar-refractivity contribution is 6.22. The van der Waals surface area contributed by atoms with E-state index in [2.05, 4.69) is 170 Å². The molecule has 10 rings (SSSR count). The summed E-state index contributed by atoms with van der Waals surface area (Å²) in [4.78, 5) is 0. The summed E-state index contributed by atoms with van der Waals surface area (Å²) in [6.07, 6.45) is 0. The largest absolute Gasteiger partial charge is 0.344 e. The van der Waals surface area contributed by atoms with Crippen molar-refractivity contribution in [3.8, 4) is 27.9 Å². The summed E-state index contributed by atoms with van der Waals surface area (Å²) in [5, 5.41) is 7.74. The van der Waals surface area contributed by atoms with Crippen LogP contribution in [0.15, 0.2) is 140 Å². The van der Waals surface area contributed by atoms with Gasteiger partial charge in [-0.25, -0.2) is 0 Å². The summed E-state index contributed by atoms with van der Waals surface area (Å²) in [5.74, 6) is 0. The monoisotopic (exact) mass is 588 g/mol. The average Bonchev–Trinajstić information content (AvgIpc) is 3.67. The maximum absolute atomic E-state index is 2.47. The van der Waals surface area contributed by atoms with Gasteiger partial charge in [0.2, 0.25) is 0 Å².